The number of unbranched alkanes of at least 4 members (excludes halogenated alkanes) is 1. The van der Waals surface area contributed by atoms with Crippen LogP contribution in [0.25, 0.3) is 0 Å². The molecule has 0 fully saturated rings. The quantitative estimate of drug-likeness (QED) is 0.771. The molecule has 1 rings (SSSR count). The molecule has 0 spiro atoms. The average Bonchev–Trinajstić information content (AvgIpc) is 2.35. The summed E-state index contributed by atoms with van der Waals surface area (Å²) < 4.78 is 5.47. The summed E-state index contributed by atoms with van der Waals surface area (Å²) in [4.78, 5) is 11.0. The first kappa shape index (κ1) is 14.5. The molecule has 1 aromatic rings. The summed E-state index contributed by atoms with van der Waals surface area (Å²) in [6, 6.07) is 7.84. The second-order valence-corrected chi connectivity index (χ2v) is 4.82. The largest absolute Gasteiger partial charge is 0.491 e. The van der Waals surface area contributed by atoms with E-state index in [0.29, 0.717) is 5.75 Å². The SMILES string of the molecule is CCCCc1ccc(OCC(C)(N)C(N)=O)cc1. The number of rotatable bonds is 7. The average molecular weight is 250 g/mol. The van der Waals surface area contributed by atoms with Crippen LogP contribution in [0.3, 0.4) is 0 Å². The standard InChI is InChI=1S/C14H22N2O2/c1-3-4-5-11-6-8-12(9-7-11)18-10-14(2,16)13(15)17/h6-9H,3-5,10,16H2,1-2H3,(H2,15,17). The third kappa shape index (κ3) is 4.37. The van der Waals surface area contributed by atoms with Crippen molar-refractivity contribution >= 4 is 5.91 Å². The number of benzene rings is 1. The van der Waals surface area contributed by atoms with Crippen LogP contribution in [0.15, 0.2) is 24.3 Å². The molecule has 0 saturated heterocycles. The van der Waals surface area contributed by atoms with Gasteiger partial charge in [0, 0.05) is 0 Å². The van der Waals surface area contributed by atoms with Gasteiger partial charge in [-0.1, -0.05) is 25.5 Å². The smallest absolute Gasteiger partial charge is 0.240 e. The zero-order valence-corrected chi connectivity index (χ0v) is 11.1. The molecule has 0 aliphatic heterocycles. The summed E-state index contributed by atoms with van der Waals surface area (Å²) in [5, 5.41) is 0. The lowest BCUT2D eigenvalue weighted by Gasteiger charge is -2.20. The predicted octanol–water partition coefficient (Wildman–Crippen LogP) is 1.61. The maximum absolute atomic E-state index is 11.0. The number of primary amides is 1. The van der Waals surface area contributed by atoms with Crippen LogP contribution in [0.1, 0.15) is 32.3 Å². The van der Waals surface area contributed by atoms with Gasteiger partial charge in [-0.3, -0.25) is 4.79 Å². The summed E-state index contributed by atoms with van der Waals surface area (Å²) in [7, 11) is 0. The van der Waals surface area contributed by atoms with Gasteiger partial charge in [-0.25, -0.2) is 0 Å². The summed E-state index contributed by atoms with van der Waals surface area (Å²) in [5.41, 5.74) is 11.0. The van der Waals surface area contributed by atoms with Crippen LogP contribution in [-0.2, 0) is 11.2 Å². The molecule has 0 heterocycles. The van der Waals surface area contributed by atoms with Crippen molar-refractivity contribution in [3.05, 3.63) is 29.8 Å². The Kier molecular flexibility index (Phi) is 5.16. The number of hydrogen-bond acceptors (Lipinski definition) is 3. The number of hydrogen-bond donors (Lipinski definition) is 2. The first-order valence-corrected chi connectivity index (χ1v) is 6.26. The molecule has 100 valence electrons. The van der Waals surface area contributed by atoms with Gasteiger partial charge in [0.15, 0.2) is 0 Å². The van der Waals surface area contributed by atoms with Crippen molar-refractivity contribution in [2.75, 3.05) is 6.61 Å². The highest BCUT2D eigenvalue weighted by Crippen LogP contribution is 2.15. The number of carbonyl (C=O) groups is 1. The highest BCUT2D eigenvalue weighted by atomic mass is 16.5. The molecular formula is C14H22N2O2. The Morgan fingerprint density at radius 3 is 2.44 bits per heavy atom. The van der Waals surface area contributed by atoms with Gasteiger partial charge < -0.3 is 16.2 Å². The van der Waals surface area contributed by atoms with Gasteiger partial charge in [-0.15, -0.1) is 0 Å². The van der Waals surface area contributed by atoms with Gasteiger partial charge >= 0.3 is 0 Å². The van der Waals surface area contributed by atoms with E-state index in [1.54, 1.807) is 6.92 Å². The second-order valence-electron chi connectivity index (χ2n) is 4.82. The Balaban J connectivity index is 2.51. The number of carbonyl (C=O) groups excluding carboxylic acids is 1. The molecule has 18 heavy (non-hydrogen) atoms. The lowest BCUT2D eigenvalue weighted by molar-refractivity contribution is -0.123. The molecule has 1 amide bonds. The minimum Gasteiger partial charge on any atom is -0.491 e. The van der Waals surface area contributed by atoms with Crippen LogP contribution < -0.4 is 16.2 Å². The molecule has 4 nitrogen and oxygen atoms in total. The van der Waals surface area contributed by atoms with Crippen LogP contribution >= 0.6 is 0 Å². The monoisotopic (exact) mass is 250 g/mol. The highest BCUT2D eigenvalue weighted by Gasteiger charge is 2.26. The van der Waals surface area contributed by atoms with Crippen molar-refractivity contribution in [3.63, 3.8) is 0 Å². The molecule has 1 atom stereocenters. The van der Waals surface area contributed by atoms with Gasteiger partial charge in [-0.05, 0) is 37.5 Å². The van der Waals surface area contributed by atoms with E-state index in [1.165, 1.54) is 18.4 Å². The van der Waals surface area contributed by atoms with Crippen molar-refractivity contribution in [2.45, 2.75) is 38.6 Å². The summed E-state index contributed by atoms with van der Waals surface area (Å²) in [6.07, 6.45) is 3.44. The number of nitrogens with two attached hydrogens (primary N) is 2. The topological polar surface area (TPSA) is 78.3 Å². The molecule has 0 radical (unpaired) electrons. The predicted molar refractivity (Wildman–Crippen MR) is 72.3 cm³/mol. The summed E-state index contributed by atoms with van der Waals surface area (Å²) >= 11 is 0. The summed E-state index contributed by atoms with van der Waals surface area (Å²) in [6.45, 7) is 3.81. The second kappa shape index (κ2) is 6.40. The first-order valence-electron chi connectivity index (χ1n) is 6.26. The maximum Gasteiger partial charge on any atom is 0.240 e. The third-order valence-corrected chi connectivity index (χ3v) is 2.84. The van der Waals surface area contributed by atoms with Crippen molar-refractivity contribution in [1.82, 2.24) is 0 Å². The number of ether oxygens (including phenoxy) is 1. The van der Waals surface area contributed by atoms with E-state index in [1.807, 2.05) is 24.3 Å². The Morgan fingerprint density at radius 1 is 1.33 bits per heavy atom. The Bertz CT molecular complexity index is 385. The van der Waals surface area contributed by atoms with Crippen LogP contribution in [0.2, 0.25) is 0 Å². The van der Waals surface area contributed by atoms with E-state index in [9.17, 15) is 4.79 Å². The van der Waals surface area contributed by atoms with Gasteiger partial charge in [0.05, 0.1) is 0 Å². The van der Waals surface area contributed by atoms with Crippen molar-refractivity contribution in [1.29, 1.82) is 0 Å². The molecule has 4 N–H and O–H groups in total. The van der Waals surface area contributed by atoms with Crippen LogP contribution in [0.5, 0.6) is 5.75 Å². The van der Waals surface area contributed by atoms with E-state index in [4.69, 9.17) is 16.2 Å². The lowest BCUT2D eigenvalue weighted by Crippen LogP contribution is -2.53. The summed E-state index contributed by atoms with van der Waals surface area (Å²) in [5.74, 6) is 0.134. The molecule has 0 bridgehead atoms. The van der Waals surface area contributed by atoms with Gasteiger partial charge in [0.2, 0.25) is 5.91 Å². The lowest BCUT2D eigenvalue weighted by atomic mass is 10.1. The van der Waals surface area contributed by atoms with E-state index < -0.39 is 11.4 Å². The highest BCUT2D eigenvalue weighted by molar-refractivity contribution is 5.84. The molecule has 1 unspecified atom stereocenters. The molecule has 0 aromatic heterocycles. The van der Waals surface area contributed by atoms with E-state index in [-0.39, 0.29) is 6.61 Å². The molecule has 0 aliphatic carbocycles. The molecule has 1 aromatic carbocycles. The fraction of sp³-hybridized carbons (Fsp3) is 0.500. The molecular weight excluding hydrogens is 228 g/mol. The molecule has 0 saturated carbocycles. The van der Waals surface area contributed by atoms with Crippen molar-refractivity contribution < 1.29 is 9.53 Å². The van der Waals surface area contributed by atoms with Gasteiger partial charge in [0.1, 0.15) is 17.9 Å². The zero-order chi connectivity index (χ0) is 13.6. The van der Waals surface area contributed by atoms with Crippen molar-refractivity contribution in [3.8, 4) is 5.75 Å². The maximum atomic E-state index is 11.0. The number of aryl methyl sites for hydroxylation is 1. The van der Waals surface area contributed by atoms with Gasteiger partial charge in [-0.2, -0.15) is 0 Å². The minimum absolute atomic E-state index is 0.0800. The van der Waals surface area contributed by atoms with Crippen molar-refractivity contribution in [2.24, 2.45) is 11.5 Å². The van der Waals surface area contributed by atoms with E-state index in [0.717, 1.165) is 6.42 Å². The Labute approximate surface area is 108 Å². The zero-order valence-electron chi connectivity index (χ0n) is 11.1. The Morgan fingerprint density at radius 2 is 1.94 bits per heavy atom. The number of amides is 1. The van der Waals surface area contributed by atoms with Crippen LogP contribution in [0.4, 0.5) is 0 Å². The fourth-order valence-corrected chi connectivity index (χ4v) is 1.44. The molecule has 0 aliphatic rings. The fourth-order valence-electron chi connectivity index (χ4n) is 1.44. The minimum atomic E-state index is -1.14. The van der Waals surface area contributed by atoms with E-state index in [2.05, 4.69) is 6.92 Å². The Hall–Kier alpha value is -1.55. The molecule has 4 heteroatoms. The van der Waals surface area contributed by atoms with E-state index >= 15 is 0 Å². The normalized spacial score (nSPS) is 13.9. The third-order valence-electron chi connectivity index (χ3n) is 2.84. The van der Waals surface area contributed by atoms with Crippen LogP contribution in [-0.4, -0.2) is 18.1 Å². The van der Waals surface area contributed by atoms with Crippen LogP contribution in [0, 0.1) is 0 Å². The van der Waals surface area contributed by atoms with Gasteiger partial charge in [0.25, 0.3) is 0 Å². The first-order chi connectivity index (χ1) is 8.45.